The highest BCUT2D eigenvalue weighted by Gasteiger charge is 2.23. The van der Waals surface area contributed by atoms with Crippen molar-refractivity contribution in [3.8, 4) is 11.4 Å². The molecule has 8 aromatic carbocycles. The maximum Gasteiger partial charge on any atom is 0.0554 e. The first-order valence-corrected chi connectivity index (χ1v) is 18.1. The summed E-state index contributed by atoms with van der Waals surface area (Å²) in [5, 5.41) is 11.8. The molecule has 0 saturated heterocycles. The molecule has 0 unspecified atom stereocenters. The SMILES string of the molecule is c1ccc(P(c2ccccc2)c2cc3c(c4ccccc24)c2ccccc2n3-c2ccc(-n3c4ccccc4c4ccccc43)cc2)cc1. The molecule has 0 aliphatic rings. The van der Waals surface area contributed by atoms with Crippen LogP contribution < -0.4 is 15.9 Å². The van der Waals surface area contributed by atoms with Crippen LogP contribution in [0.3, 0.4) is 0 Å². The summed E-state index contributed by atoms with van der Waals surface area (Å²) in [5.74, 6) is 0. The van der Waals surface area contributed by atoms with Crippen molar-refractivity contribution in [1.29, 1.82) is 0 Å². The predicted octanol–water partition coefficient (Wildman–Crippen LogP) is 10.8. The monoisotopic (exact) mass is 642 g/mol. The van der Waals surface area contributed by atoms with E-state index in [4.69, 9.17) is 0 Å². The van der Waals surface area contributed by atoms with Gasteiger partial charge >= 0.3 is 0 Å². The first-order chi connectivity index (χ1) is 24.3. The lowest BCUT2D eigenvalue weighted by Crippen LogP contribution is -2.21. The van der Waals surface area contributed by atoms with Crippen LogP contribution in [0.25, 0.3) is 65.8 Å². The standard InChI is InChI=1S/C46H31N2P/c1-3-15-34(16-4-1)49(35-17-5-2-6-18-35)45-31-44-46(39-22-8-7-21-38(39)45)40-23-11-14-26-43(40)48(44)33-29-27-32(28-30-33)47-41-24-12-9-19-36(41)37-20-10-13-25-42(37)47/h1-31H. The lowest BCUT2D eigenvalue weighted by molar-refractivity contribution is 1.15. The van der Waals surface area contributed by atoms with E-state index >= 15 is 0 Å². The molecule has 0 amide bonds. The van der Waals surface area contributed by atoms with Crippen molar-refractivity contribution < 1.29 is 0 Å². The van der Waals surface area contributed by atoms with Crippen LogP contribution in [-0.4, -0.2) is 9.13 Å². The van der Waals surface area contributed by atoms with Gasteiger partial charge in [0.25, 0.3) is 0 Å². The second kappa shape index (κ2) is 11.3. The Morgan fingerprint density at radius 1 is 0.306 bits per heavy atom. The summed E-state index contributed by atoms with van der Waals surface area (Å²) in [6.45, 7) is 0. The molecular weight excluding hydrogens is 611 g/mol. The molecule has 3 heteroatoms. The van der Waals surface area contributed by atoms with E-state index in [1.54, 1.807) is 0 Å². The highest BCUT2D eigenvalue weighted by Crippen LogP contribution is 2.42. The van der Waals surface area contributed by atoms with Gasteiger partial charge in [0, 0.05) is 32.9 Å². The van der Waals surface area contributed by atoms with Gasteiger partial charge in [-0.25, -0.2) is 0 Å². The molecule has 0 fully saturated rings. The Bertz CT molecular complexity index is 2720. The topological polar surface area (TPSA) is 9.86 Å². The average Bonchev–Trinajstić information content (AvgIpc) is 3.69. The Labute approximate surface area is 285 Å². The van der Waals surface area contributed by atoms with E-state index in [-0.39, 0.29) is 0 Å². The molecular formula is C46H31N2P. The highest BCUT2D eigenvalue weighted by molar-refractivity contribution is 7.80. The average molecular weight is 643 g/mol. The summed E-state index contributed by atoms with van der Waals surface area (Å²) < 4.78 is 4.86. The zero-order valence-electron chi connectivity index (χ0n) is 26.7. The number of rotatable bonds is 5. The molecule has 10 aromatic rings. The van der Waals surface area contributed by atoms with Crippen LogP contribution in [0.5, 0.6) is 0 Å². The van der Waals surface area contributed by atoms with Crippen LogP contribution in [0, 0.1) is 0 Å². The summed E-state index contributed by atoms with van der Waals surface area (Å²) in [5.41, 5.74) is 7.21. The lowest BCUT2D eigenvalue weighted by Gasteiger charge is -2.22. The van der Waals surface area contributed by atoms with Gasteiger partial charge in [-0.05, 0) is 83.1 Å². The Balaban J connectivity index is 1.24. The van der Waals surface area contributed by atoms with Crippen molar-refractivity contribution in [2.45, 2.75) is 0 Å². The number of nitrogens with zero attached hydrogens (tertiary/aromatic N) is 2. The third-order valence-electron chi connectivity index (χ3n) is 9.87. The van der Waals surface area contributed by atoms with Gasteiger partial charge in [0.1, 0.15) is 0 Å². The van der Waals surface area contributed by atoms with Crippen molar-refractivity contribution in [3.63, 3.8) is 0 Å². The van der Waals surface area contributed by atoms with Crippen LogP contribution in [0.15, 0.2) is 188 Å². The number of hydrogen-bond acceptors (Lipinski definition) is 0. The Morgan fingerprint density at radius 2 is 0.694 bits per heavy atom. The number of para-hydroxylation sites is 3. The zero-order chi connectivity index (χ0) is 32.3. The fourth-order valence-electron chi connectivity index (χ4n) is 7.81. The van der Waals surface area contributed by atoms with Crippen molar-refractivity contribution >= 4 is 78.2 Å². The smallest absolute Gasteiger partial charge is 0.0554 e. The second-order valence-electron chi connectivity index (χ2n) is 12.6. The van der Waals surface area contributed by atoms with E-state index < -0.39 is 7.92 Å². The quantitative estimate of drug-likeness (QED) is 0.165. The van der Waals surface area contributed by atoms with Crippen LogP contribution in [0.1, 0.15) is 0 Å². The molecule has 10 rings (SSSR count). The molecule has 0 spiro atoms. The summed E-state index contributed by atoms with van der Waals surface area (Å²) in [6, 6.07) is 69.0. The highest BCUT2D eigenvalue weighted by atomic mass is 31.1. The molecule has 2 aromatic heterocycles. The summed E-state index contributed by atoms with van der Waals surface area (Å²) >= 11 is 0. The first kappa shape index (κ1) is 28.1. The molecule has 0 N–H and O–H groups in total. The van der Waals surface area contributed by atoms with Gasteiger partial charge in [-0.2, -0.15) is 0 Å². The Hall–Kier alpha value is -5.95. The predicted molar refractivity (Wildman–Crippen MR) is 211 cm³/mol. The van der Waals surface area contributed by atoms with Gasteiger partial charge in [0.15, 0.2) is 0 Å². The molecule has 230 valence electrons. The van der Waals surface area contributed by atoms with E-state index in [1.165, 1.54) is 70.3 Å². The summed E-state index contributed by atoms with van der Waals surface area (Å²) in [6.07, 6.45) is 0. The van der Waals surface area contributed by atoms with Crippen LogP contribution in [0.4, 0.5) is 0 Å². The zero-order valence-corrected chi connectivity index (χ0v) is 27.6. The molecule has 0 aliphatic heterocycles. The van der Waals surface area contributed by atoms with Crippen LogP contribution in [0.2, 0.25) is 0 Å². The first-order valence-electron chi connectivity index (χ1n) is 16.8. The third-order valence-corrected chi connectivity index (χ3v) is 12.4. The molecule has 0 radical (unpaired) electrons. The Morgan fingerprint density at radius 3 is 1.22 bits per heavy atom. The third kappa shape index (κ3) is 4.38. The minimum Gasteiger partial charge on any atom is -0.309 e. The minimum atomic E-state index is -0.810. The number of benzene rings is 8. The molecule has 0 saturated carbocycles. The summed E-state index contributed by atoms with van der Waals surface area (Å²) in [7, 11) is -0.810. The minimum absolute atomic E-state index is 0.810. The molecule has 2 nitrogen and oxygen atoms in total. The normalized spacial score (nSPS) is 11.9. The molecule has 0 aliphatic carbocycles. The number of hydrogen-bond donors (Lipinski definition) is 0. The fraction of sp³-hybridized carbons (Fsp3) is 0. The number of fused-ring (bicyclic) bond motifs is 8. The lowest BCUT2D eigenvalue weighted by atomic mass is 10.0. The maximum absolute atomic E-state index is 2.49. The molecule has 0 atom stereocenters. The largest absolute Gasteiger partial charge is 0.309 e. The van der Waals surface area contributed by atoms with Crippen molar-refractivity contribution in [2.75, 3.05) is 0 Å². The van der Waals surface area contributed by atoms with E-state index in [0.29, 0.717) is 0 Å². The van der Waals surface area contributed by atoms with Crippen molar-refractivity contribution in [1.82, 2.24) is 9.13 Å². The second-order valence-corrected chi connectivity index (χ2v) is 14.8. The molecule has 49 heavy (non-hydrogen) atoms. The van der Waals surface area contributed by atoms with Gasteiger partial charge in [-0.15, -0.1) is 0 Å². The van der Waals surface area contributed by atoms with E-state index in [2.05, 4.69) is 197 Å². The van der Waals surface area contributed by atoms with E-state index in [9.17, 15) is 0 Å². The van der Waals surface area contributed by atoms with Crippen molar-refractivity contribution in [2.24, 2.45) is 0 Å². The number of aromatic nitrogens is 2. The van der Waals surface area contributed by atoms with Gasteiger partial charge in [0.05, 0.1) is 22.1 Å². The van der Waals surface area contributed by atoms with Crippen LogP contribution >= 0.6 is 7.92 Å². The van der Waals surface area contributed by atoms with Gasteiger partial charge in [-0.3, -0.25) is 0 Å². The molecule has 0 bridgehead atoms. The van der Waals surface area contributed by atoms with Gasteiger partial charge in [-0.1, -0.05) is 140 Å². The van der Waals surface area contributed by atoms with Gasteiger partial charge < -0.3 is 9.13 Å². The van der Waals surface area contributed by atoms with E-state index in [0.717, 1.165) is 11.4 Å². The Kier molecular flexibility index (Phi) is 6.50. The van der Waals surface area contributed by atoms with Crippen molar-refractivity contribution in [3.05, 3.63) is 188 Å². The van der Waals surface area contributed by atoms with E-state index in [1.807, 2.05) is 0 Å². The van der Waals surface area contributed by atoms with Crippen LogP contribution in [-0.2, 0) is 0 Å². The fourth-order valence-corrected chi connectivity index (χ4v) is 10.3. The molecule has 2 heterocycles. The van der Waals surface area contributed by atoms with Gasteiger partial charge in [0.2, 0.25) is 0 Å². The summed E-state index contributed by atoms with van der Waals surface area (Å²) in [4.78, 5) is 0. The maximum atomic E-state index is 2.49.